The fraction of sp³-hybridized carbons (Fsp3) is 0.462. The maximum absolute atomic E-state index is 13.1. The highest BCUT2D eigenvalue weighted by molar-refractivity contribution is 6.99. The molecule has 16 heteroatoms. The van der Waals surface area contributed by atoms with Crippen LogP contribution in [-0.2, 0) is 12.4 Å². The summed E-state index contributed by atoms with van der Waals surface area (Å²) in [6.45, 7) is 12.6. The van der Waals surface area contributed by atoms with Crippen LogP contribution in [0.25, 0.3) is 0 Å². The average Bonchev–Trinajstić information content (AvgIpc) is 3.40. The number of carbonyl (C=O) groups excluding carboxylic acids is 1. The third-order valence-corrected chi connectivity index (χ3v) is 5.71. The molecular formula is C26H33ClF6N6O2S. The van der Waals surface area contributed by atoms with Gasteiger partial charge in [0.25, 0.3) is 5.88 Å². The largest absolute Gasteiger partial charge is 0.470 e. The Hall–Kier alpha value is -3.33. The lowest BCUT2D eigenvalue weighted by Crippen LogP contribution is -2.50. The van der Waals surface area contributed by atoms with E-state index in [0.717, 1.165) is 11.7 Å². The van der Waals surface area contributed by atoms with E-state index in [9.17, 15) is 31.1 Å². The number of piperazine rings is 1. The van der Waals surface area contributed by atoms with Gasteiger partial charge in [0.15, 0.2) is 0 Å². The van der Waals surface area contributed by atoms with Crippen LogP contribution in [0.5, 0.6) is 5.88 Å². The summed E-state index contributed by atoms with van der Waals surface area (Å²) in [5.74, 6) is 0.613. The van der Waals surface area contributed by atoms with Gasteiger partial charge in [0.1, 0.15) is 11.8 Å². The summed E-state index contributed by atoms with van der Waals surface area (Å²) in [4.78, 5) is 15.6. The number of hydrogen-bond donors (Lipinski definition) is 2. The van der Waals surface area contributed by atoms with E-state index in [1.54, 1.807) is 4.90 Å². The predicted molar refractivity (Wildman–Crippen MR) is 154 cm³/mol. The number of hydrogen-bond acceptors (Lipinski definition) is 7. The second-order valence-electron chi connectivity index (χ2n) is 8.36. The summed E-state index contributed by atoms with van der Waals surface area (Å²) < 4.78 is 92.4. The van der Waals surface area contributed by atoms with Gasteiger partial charge in [-0.25, -0.2) is 4.79 Å². The number of amides is 2. The van der Waals surface area contributed by atoms with E-state index in [-0.39, 0.29) is 49.9 Å². The third-order valence-electron chi connectivity index (χ3n) is 5.10. The molecule has 0 unspecified atom stereocenters. The number of anilines is 2. The predicted octanol–water partition coefficient (Wildman–Crippen LogP) is 8.08. The maximum Gasteiger partial charge on any atom is 0.416 e. The Kier molecular flexibility index (Phi) is 14.8. The molecule has 2 amide bonds. The van der Waals surface area contributed by atoms with Crippen molar-refractivity contribution in [2.24, 2.45) is 0 Å². The third kappa shape index (κ3) is 11.5. The first-order valence-electron chi connectivity index (χ1n) is 12.8. The summed E-state index contributed by atoms with van der Waals surface area (Å²) in [6, 6.07) is 0.0463. The van der Waals surface area contributed by atoms with Crippen LogP contribution in [0.2, 0.25) is 0 Å². The number of ether oxygens (including phenoxy) is 1. The molecule has 234 valence electrons. The topological polar surface area (TPSA) is 94.4 Å². The number of urea groups is 1. The molecule has 0 spiro atoms. The Morgan fingerprint density at radius 1 is 1.07 bits per heavy atom. The molecule has 0 bridgehead atoms. The number of allylic oxidation sites excluding steroid dienone is 1. The summed E-state index contributed by atoms with van der Waals surface area (Å²) in [7, 11) is 0. The lowest BCUT2D eigenvalue weighted by Gasteiger charge is -2.34. The molecule has 0 radical (unpaired) electrons. The average molecular weight is 643 g/mol. The van der Waals surface area contributed by atoms with Gasteiger partial charge in [-0.15, -0.1) is 4.37 Å². The SMILES string of the molecule is C=C/C(=C\C(=N)Cl)COc1nsnc1N1CCN(C(=O)Nc2cc(C(F)(F)F)cc(C(F)(F)F)c2)CC1.CC.CCC. The van der Waals surface area contributed by atoms with Gasteiger partial charge >= 0.3 is 18.4 Å². The fourth-order valence-corrected chi connectivity index (χ4v) is 3.95. The minimum Gasteiger partial charge on any atom is -0.470 e. The standard InChI is InChI=1S/C21H19ClF6N6O2S.C3H8.C2H6/c1-2-12(7-16(22)29)11-36-18-17(31-37-32-18)33-3-5-34(6-4-33)19(35)30-15-9-13(20(23,24)25)8-14(10-15)21(26,27)28;1-3-2;1-2/h2,7-10,29H,1,3-6,11H2,(H,30,35);3H2,1-2H3;1-2H3/b12-7+,29-16?;;. The van der Waals surface area contributed by atoms with Crippen molar-refractivity contribution >= 4 is 46.0 Å². The number of nitrogens with one attached hydrogen (secondary N) is 2. The van der Waals surface area contributed by atoms with E-state index in [0.29, 0.717) is 23.5 Å². The lowest BCUT2D eigenvalue weighted by molar-refractivity contribution is -0.143. The Morgan fingerprint density at radius 3 is 2.05 bits per heavy atom. The number of carbonyl (C=O) groups is 1. The van der Waals surface area contributed by atoms with Crippen molar-refractivity contribution in [1.29, 1.82) is 5.41 Å². The van der Waals surface area contributed by atoms with Crippen LogP contribution in [0.1, 0.15) is 45.2 Å². The molecule has 1 aliphatic heterocycles. The van der Waals surface area contributed by atoms with Crippen molar-refractivity contribution in [3.05, 3.63) is 53.6 Å². The highest BCUT2D eigenvalue weighted by Gasteiger charge is 2.37. The van der Waals surface area contributed by atoms with Crippen molar-refractivity contribution in [3.63, 3.8) is 0 Å². The van der Waals surface area contributed by atoms with Gasteiger partial charge < -0.3 is 19.9 Å². The summed E-state index contributed by atoms with van der Waals surface area (Å²) in [6.07, 6.45) is -5.98. The zero-order valence-corrected chi connectivity index (χ0v) is 25.1. The van der Waals surface area contributed by atoms with E-state index in [2.05, 4.69) is 34.5 Å². The van der Waals surface area contributed by atoms with Gasteiger partial charge in [-0.1, -0.05) is 58.4 Å². The molecule has 8 nitrogen and oxygen atoms in total. The molecule has 0 saturated carbocycles. The number of halogens is 7. The molecular weight excluding hydrogens is 610 g/mol. The molecule has 1 aromatic carbocycles. The van der Waals surface area contributed by atoms with Gasteiger partial charge in [-0.3, -0.25) is 5.41 Å². The monoisotopic (exact) mass is 642 g/mol. The summed E-state index contributed by atoms with van der Waals surface area (Å²) in [5, 5.41) is 9.22. The van der Waals surface area contributed by atoms with E-state index in [1.807, 2.05) is 13.8 Å². The van der Waals surface area contributed by atoms with Crippen LogP contribution in [0.15, 0.2) is 42.5 Å². The minimum absolute atomic E-state index is 0.0104. The van der Waals surface area contributed by atoms with Crippen molar-refractivity contribution < 1.29 is 35.9 Å². The first-order valence-corrected chi connectivity index (χ1v) is 13.9. The van der Waals surface area contributed by atoms with E-state index in [1.165, 1.54) is 23.5 Å². The zero-order chi connectivity index (χ0) is 32.1. The Balaban J connectivity index is 0.00000165. The second kappa shape index (κ2) is 16.9. The molecule has 0 atom stereocenters. The van der Waals surface area contributed by atoms with Gasteiger partial charge in [0, 0.05) is 31.9 Å². The Morgan fingerprint density at radius 2 is 1.60 bits per heavy atom. The molecule has 2 aromatic rings. The summed E-state index contributed by atoms with van der Waals surface area (Å²) >= 11 is 6.43. The van der Waals surface area contributed by atoms with E-state index < -0.39 is 35.2 Å². The molecule has 0 aliphatic carbocycles. The molecule has 1 fully saturated rings. The molecule has 1 saturated heterocycles. The smallest absolute Gasteiger partial charge is 0.416 e. The normalized spacial score (nSPS) is 13.7. The van der Waals surface area contributed by atoms with Crippen LogP contribution in [0, 0.1) is 5.41 Å². The quantitative estimate of drug-likeness (QED) is 0.181. The van der Waals surface area contributed by atoms with E-state index in [4.69, 9.17) is 21.7 Å². The number of aromatic nitrogens is 2. The molecule has 42 heavy (non-hydrogen) atoms. The van der Waals surface area contributed by atoms with Gasteiger partial charge in [0.2, 0.25) is 5.82 Å². The van der Waals surface area contributed by atoms with Gasteiger partial charge in [-0.05, 0) is 29.8 Å². The first-order chi connectivity index (χ1) is 19.7. The Bertz CT molecular complexity index is 1180. The van der Waals surface area contributed by atoms with Crippen LogP contribution < -0.4 is 15.0 Å². The van der Waals surface area contributed by atoms with Crippen molar-refractivity contribution in [3.8, 4) is 5.88 Å². The van der Waals surface area contributed by atoms with Crippen molar-refractivity contribution in [2.75, 3.05) is 43.0 Å². The van der Waals surface area contributed by atoms with Crippen LogP contribution in [0.4, 0.5) is 42.6 Å². The fourth-order valence-electron chi connectivity index (χ4n) is 3.28. The molecule has 1 aromatic heterocycles. The molecule has 2 heterocycles. The van der Waals surface area contributed by atoms with Crippen LogP contribution >= 0.6 is 23.3 Å². The van der Waals surface area contributed by atoms with Crippen molar-refractivity contribution in [1.82, 2.24) is 13.6 Å². The molecule has 1 aliphatic rings. The summed E-state index contributed by atoms with van der Waals surface area (Å²) in [5.41, 5.74) is -3.14. The highest BCUT2D eigenvalue weighted by atomic mass is 35.5. The first kappa shape index (κ1) is 36.7. The molecule has 3 rings (SSSR count). The van der Waals surface area contributed by atoms with Crippen molar-refractivity contribution in [2.45, 2.75) is 46.5 Å². The minimum atomic E-state index is -5.03. The lowest BCUT2D eigenvalue weighted by atomic mass is 10.1. The van der Waals surface area contributed by atoms with Crippen LogP contribution in [0.3, 0.4) is 0 Å². The number of alkyl halides is 6. The number of benzene rings is 1. The Labute approximate surface area is 249 Å². The van der Waals surface area contributed by atoms with Gasteiger partial charge in [0.05, 0.1) is 22.9 Å². The maximum atomic E-state index is 13.1. The number of nitrogens with zero attached hydrogens (tertiary/aromatic N) is 4. The highest BCUT2D eigenvalue weighted by Crippen LogP contribution is 2.37. The molecule has 2 N–H and O–H groups in total. The number of rotatable bonds is 7. The van der Waals surface area contributed by atoms with Gasteiger partial charge in [-0.2, -0.15) is 30.7 Å². The van der Waals surface area contributed by atoms with Crippen LogP contribution in [-0.4, -0.2) is 57.6 Å². The zero-order valence-electron chi connectivity index (χ0n) is 23.5. The second-order valence-corrected chi connectivity index (χ2v) is 9.29. The van der Waals surface area contributed by atoms with E-state index >= 15 is 0 Å².